The van der Waals surface area contributed by atoms with Crippen molar-refractivity contribution in [1.82, 2.24) is 10.6 Å². The number of hydrogen-bond donors (Lipinski definition) is 3. The first kappa shape index (κ1) is 36.8. The second kappa shape index (κ2) is 19.1. The van der Waals surface area contributed by atoms with E-state index >= 15 is 0 Å². The summed E-state index contributed by atoms with van der Waals surface area (Å²) in [6, 6.07) is 7.50. The molecule has 1 aliphatic heterocycles. The van der Waals surface area contributed by atoms with Crippen LogP contribution in [0.15, 0.2) is 30.3 Å². The van der Waals surface area contributed by atoms with Crippen molar-refractivity contribution in [3.8, 4) is 0 Å². The van der Waals surface area contributed by atoms with E-state index in [9.17, 15) is 18.4 Å². The van der Waals surface area contributed by atoms with Gasteiger partial charge in [-0.05, 0) is 47.1 Å². The second-order valence-electron chi connectivity index (χ2n) is 11.6. The van der Waals surface area contributed by atoms with E-state index in [1.54, 1.807) is 12.1 Å². The van der Waals surface area contributed by atoms with E-state index in [0.717, 1.165) is 18.9 Å². The number of benzene rings is 2. The zero-order chi connectivity index (χ0) is 31.0. The van der Waals surface area contributed by atoms with Crippen molar-refractivity contribution in [2.24, 2.45) is 11.3 Å². The largest absolute Gasteiger partial charge is 0.359 e. The third kappa shape index (κ3) is 13.1. The lowest BCUT2D eigenvalue weighted by Crippen LogP contribution is -2.14. The number of anilines is 1. The van der Waals surface area contributed by atoms with E-state index in [1.807, 2.05) is 13.8 Å². The van der Waals surface area contributed by atoms with Crippen LogP contribution in [-0.4, -0.2) is 32.5 Å². The summed E-state index contributed by atoms with van der Waals surface area (Å²) in [7, 11) is 0. The van der Waals surface area contributed by atoms with Crippen molar-refractivity contribution in [3.63, 3.8) is 0 Å². The van der Waals surface area contributed by atoms with Gasteiger partial charge in [0.05, 0.1) is 10.0 Å². The zero-order valence-electron chi connectivity index (χ0n) is 25.3. The molecule has 0 radical (unpaired) electrons. The predicted octanol–water partition coefficient (Wildman–Crippen LogP) is 8.70. The normalized spacial score (nSPS) is 18.1. The Morgan fingerprint density at radius 3 is 2.07 bits per heavy atom. The molecule has 2 atom stereocenters. The Balaban J connectivity index is 0.000000408. The van der Waals surface area contributed by atoms with Gasteiger partial charge in [0.2, 0.25) is 12.8 Å². The van der Waals surface area contributed by atoms with Crippen LogP contribution in [0.3, 0.4) is 0 Å². The molecule has 9 heteroatoms. The molecule has 2 aromatic rings. The van der Waals surface area contributed by atoms with Crippen LogP contribution in [0.2, 0.25) is 10.0 Å². The van der Waals surface area contributed by atoms with Gasteiger partial charge in [0, 0.05) is 37.2 Å². The molecule has 2 amide bonds. The third-order valence-corrected chi connectivity index (χ3v) is 7.14. The fraction of sp³-hybridized carbons (Fsp3) is 0.562. The van der Waals surface area contributed by atoms with Gasteiger partial charge in [0.15, 0.2) is 0 Å². The number of carbonyl (C=O) groups is 2. The van der Waals surface area contributed by atoms with Gasteiger partial charge >= 0.3 is 0 Å². The lowest BCUT2D eigenvalue weighted by molar-refractivity contribution is -0.109. The Hall–Kier alpha value is -2.22. The summed E-state index contributed by atoms with van der Waals surface area (Å²) in [6.45, 7) is 14.7. The standard InChI is InChI=1S/C17H14Cl2F2N2O.C8H15NO.C5H12.C2H6/c18-13-3-1-2-9(17(13)21)11-6-22-7-12(11)10-4-15(20)14(19)5-16(10)23-8-24;10-7-9-6-5-8-3-1-2-4-8;1-5(2,3)4;1-2/h1-5,8,11-12,22H,6-7H2,(H,23,24);7-8H,1-6H2,(H,9,10);1-4H3;1-2H3. The molecular weight excluding hydrogens is 567 g/mol. The van der Waals surface area contributed by atoms with E-state index < -0.39 is 11.6 Å². The van der Waals surface area contributed by atoms with E-state index in [-0.39, 0.29) is 21.9 Å². The maximum atomic E-state index is 14.4. The lowest BCUT2D eigenvalue weighted by atomic mass is 9.83. The molecule has 1 saturated carbocycles. The Bertz CT molecular complexity index is 1070. The highest BCUT2D eigenvalue weighted by molar-refractivity contribution is 6.31. The Labute approximate surface area is 255 Å². The summed E-state index contributed by atoms with van der Waals surface area (Å²) < 4.78 is 28.4. The van der Waals surface area contributed by atoms with Crippen LogP contribution in [0.4, 0.5) is 14.5 Å². The molecule has 2 fully saturated rings. The molecule has 2 unspecified atom stereocenters. The quantitative estimate of drug-likeness (QED) is 0.206. The van der Waals surface area contributed by atoms with Crippen molar-refractivity contribution in [1.29, 1.82) is 0 Å². The van der Waals surface area contributed by atoms with Crippen LogP contribution in [-0.2, 0) is 9.59 Å². The van der Waals surface area contributed by atoms with Gasteiger partial charge < -0.3 is 16.0 Å². The minimum atomic E-state index is -0.583. The Morgan fingerprint density at radius 2 is 1.51 bits per heavy atom. The average Bonchev–Trinajstić information content (AvgIpc) is 3.61. The third-order valence-electron chi connectivity index (χ3n) is 6.56. The fourth-order valence-electron chi connectivity index (χ4n) is 4.84. The smallest absolute Gasteiger partial charge is 0.211 e. The van der Waals surface area contributed by atoms with Crippen molar-refractivity contribution in [3.05, 3.63) is 63.1 Å². The van der Waals surface area contributed by atoms with Gasteiger partial charge in [-0.25, -0.2) is 8.78 Å². The van der Waals surface area contributed by atoms with E-state index in [1.165, 1.54) is 50.3 Å². The Kier molecular flexibility index (Phi) is 17.1. The van der Waals surface area contributed by atoms with Gasteiger partial charge in [-0.2, -0.15) is 0 Å². The van der Waals surface area contributed by atoms with Crippen LogP contribution in [0, 0.1) is 23.0 Å². The molecule has 4 rings (SSSR count). The summed E-state index contributed by atoms with van der Waals surface area (Å²) in [5, 5.41) is 8.39. The molecule has 2 aliphatic rings. The molecule has 3 N–H and O–H groups in total. The SMILES string of the molecule is CC.CC(C)(C)C.O=CNCCC1CCCC1.O=CNc1cc(Cl)c(F)cc1C1CNCC1c1cccc(Cl)c1F. The summed E-state index contributed by atoms with van der Waals surface area (Å²) in [4.78, 5) is 20.7. The van der Waals surface area contributed by atoms with Crippen LogP contribution in [0.25, 0.3) is 0 Å². The highest BCUT2D eigenvalue weighted by Crippen LogP contribution is 2.42. The summed E-state index contributed by atoms with van der Waals surface area (Å²) in [5.74, 6) is -0.631. The van der Waals surface area contributed by atoms with Gasteiger partial charge in [-0.1, -0.05) is 103 Å². The fourth-order valence-corrected chi connectivity index (χ4v) is 5.19. The maximum Gasteiger partial charge on any atom is 0.211 e. The molecule has 1 heterocycles. The molecule has 2 aromatic carbocycles. The van der Waals surface area contributed by atoms with Crippen molar-refractivity contribution >= 4 is 41.7 Å². The van der Waals surface area contributed by atoms with Gasteiger partial charge in [-0.3, -0.25) is 9.59 Å². The summed E-state index contributed by atoms with van der Waals surface area (Å²) >= 11 is 11.7. The van der Waals surface area contributed by atoms with E-state index in [0.29, 0.717) is 41.7 Å². The molecule has 1 saturated heterocycles. The monoisotopic (exact) mass is 613 g/mol. The van der Waals surface area contributed by atoms with Gasteiger partial charge in [0.25, 0.3) is 0 Å². The first-order chi connectivity index (χ1) is 19.5. The van der Waals surface area contributed by atoms with Crippen molar-refractivity contribution < 1.29 is 18.4 Å². The number of halogens is 4. The van der Waals surface area contributed by atoms with Crippen LogP contribution in [0.1, 0.15) is 96.6 Å². The van der Waals surface area contributed by atoms with Crippen molar-refractivity contribution in [2.45, 2.75) is 85.5 Å². The van der Waals surface area contributed by atoms with Crippen LogP contribution in [0.5, 0.6) is 0 Å². The summed E-state index contributed by atoms with van der Waals surface area (Å²) in [5.41, 5.74) is 1.95. The maximum absolute atomic E-state index is 14.4. The molecule has 0 spiro atoms. The van der Waals surface area contributed by atoms with Crippen molar-refractivity contribution in [2.75, 3.05) is 25.0 Å². The molecular formula is C32H47Cl2F2N3O2. The second-order valence-corrected chi connectivity index (χ2v) is 12.5. The number of amides is 2. The molecule has 0 bridgehead atoms. The highest BCUT2D eigenvalue weighted by atomic mass is 35.5. The molecule has 0 aromatic heterocycles. The first-order valence-corrected chi connectivity index (χ1v) is 15.2. The number of rotatable bonds is 8. The van der Waals surface area contributed by atoms with Crippen LogP contribution >= 0.6 is 23.2 Å². The summed E-state index contributed by atoms with van der Waals surface area (Å²) in [6.07, 6.45) is 8.01. The molecule has 230 valence electrons. The van der Waals surface area contributed by atoms with E-state index in [4.69, 9.17) is 23.2 Å². The van der Waals surface area contributed by atoms with E-state index in [2.05, 4.69) is 43.6 Å². The first-order valence-electron chi connectivity index (χ1n) is 14.5. The molecule has 41 heavy (non-hydrogen) atoms. The van der Waals surface area contributed by atoms with Crippen LogP contribution < -0.4 is 16.0 Å². The Morgan fingerprint density at radius 1 is 0.927 bits per heavy atom. The average molecular weight is 615 g/mol. The number of hydrogen-bond acceptors (Lipinski definition) is 3. The zero-order valence-corrected chi connectivity index (χ0v) is 26.8. The molecule has 1 aliphatic carbocycles. The minimum Gasteiger partial charge on any atom is -0.359 e. The number of nitrogens with one attached hydrogen (secondary N) is 3. The van der Waals surface area contributed by atoms with Gasteiger partial charge in [-0.15, -0.1) is 0 Å². The van der Waals surface area contributed by atoms with Gasteiger partial charge in [0.1, 0.15) is 11.6 Å². The number of carbonyl (C=O) groups excluding carboxylic acids is 2. The minimum absolute atomic E-state index is 0.0478. The highest BCUT2D eigenvalue weighted by Gasteiger charge is 2.34. The topological polar surface area (TPSA) is 70.2 Å². The molecule has 5 nitrogen and oxygen atoms in total. The predicted molar refractivity (Wildman–Crippen MR) is 168 cm³/mol. The lowest BCUT2D eigenvalue weighted by Gasteiger charge is -2.23.